The van der Waals surface area contributed by atoms with E-state index in [0.29, 0.717) is 5.13 Å². The van der Waals surface area contributed by atoms with Crippen molar-refractivity contribution in [1.29, 1.82) is 0 Å². The summed E-state index contributed by atoms with van der Waals surface area (Å²) >= 11 is 1.25. The number of ether oxygens (including phenoxy) is 1. The van der Waals surface area contributed by atoms with E-state index in [1.165, 1.54) is 37.3 Å². The predicted octanol–water partition coefficient (Wildman–Crippen LogP) is 3.36. The number of carbonyl (C=O) groups excluding carboxylic acids is 2. The normalized spacial score (nSPS) is 13.2. The second kappa shape index (κ2) is 10.0. The smallest absolute Gasteiger partial charge is 0.324 e. The Morgan fingerprint density at radius 1 is 1.03 bits per heavy atom. The Bertz CT molecular complexity index is 1190. The van der Waals surface area contributed by atoms with Crippen LogP contribution in [0.15, 0.2) is 64.9 Å². The summed E-state index contributed by atoms with van der Waals surface area (Å²) in [6.07, 6.45) is -1.14. The van der Waals surface area contributed by atoms with Crippen LogP contribution < -0.4 is 10.0 Å². The van der Waals surface area contributed by atoms with Gasteiger partial charge in [-0.15, -0.1) is 11.3 Å². The summed E-state index contributed by atoms with van der Waals surface area (Å²) in [5.74, 6) is -1.44. The lowest BCUT2D eigenvalue weighted by Crippen LogP contribution is -2.42. The van der Waals surface area contributed by atoms with Crippen molar-refractivity contribution < 1.29 is 22.7 Å². The Morgan fingerprint density at radius 2 is 1.69 bits per heavy atom. The van der Waals surface area contributed by atoms with Crippen molar-refractivity contribution in [2.45, 2.75) is 37.8 Å². The molecular formula is C22H23N3O5S2. The van der Waals surface area contributed by atoms with E-state index in [2.05, 4.69) is 15.0 Å². The van der Waals surface area contributed by atoms with Crippen molar-refractivity contribution in [2.75, 3.05) is 5.32 Å². The first-order chi connectivity index (χ1) is 15.2. The van der Waals surface area contributed by atoms with Crippen molar-refractivity contribution in [3.63, 3.8) is 0 Å². The number of hydrogen-bond acceptors (Lipinski definition) is 7. The number of rotatable bonds is 8. The van der Waals surface area contributed by atoms with Gasteiger partial charge in [-0.2, -0.15) is 4.72 Å². The lowest BCUT2D eigenvalue weighted by atomic mass is 10.2. The lowest BCUT2D eigenvalue weighted by molar-refractivity contribution is -0.154. The molecule has 0 radical (unpaired) electrons. The molecule has 0 spiro atoms. The second-order valence-electron chi connectivity index (χ2n) is 7.13. The zero-order valence-electron chi connectivity index (χ0n) is 17.7. The molecule has 1 heterocycles. The molecule has 0 fully saturated rings. The number of carbonyl (C=O) groups is 2. The molecule has 8 nitrogen and oxygen atoms in total. The molecule has 0 aliphatic carbocycles. The number of esters is 1. The lowest BCUT2D eigenvalue weighted by Gasteiger charge is -2.17. The summed E-state index contributed by atoms with van der Waals surface area (Å²) in [6, 6.07) is 14.5. The molecule has 2 atom stereocenters. The van der Waals surface area contributed by atoms with Crippen molar-refractivity contribution in [2.24, 2.45) is 0 Å². The Morgan fingerprint density at radius 3 is 2.34 bits per heavy atom. The molecular weight excluding hydrogens is 450 g/mol. The molecule has 0 bridgehead atoms. The number of nitrogens with one attached hydrogen (secondary N) is 2. The maximum absolute atomic E-state index is 12.4. The van der Waals surface area contributed by atoms with Gasteiger partial charge in [0.25, 0.3) is 5.91 Å². The van der Waals surface area contributed by atoms with Crippen LogP contribution in [-0.2, 0) is 24.3 Å². The minimum absolute atomic E-state index is 0.0338. The largest absolute Gasteiger partial charge is 0.451 e. The molecule has 1 amide bonds. The Balaban J connectivity index is 1.56. The number of nitrogens with zero attached hydrogens (tertiary/aromatic N) is 1. The van der Waals surface area contributed by atoms with Crippen LogP contribution >= 0.6 is 11.3 Å². The molecule has 168 valence electrons. The van der Waals surface area contributed by atoms with Gasteiger partial charge in [0.1, 0.15) is 6.04 Å². The highest BCUT2D eigenvalue weighted by Gasteiger charge is 2.26. The summed E-state index contributed by atoms with van der Waals surface area (Å²) in [6.45, 7) is 4.59. The third kappa shape index (κ3) is 6.00. The molecule has 1 unspecified atom stereocenters. The number of benzene rings is 2. The van der Waals surface area contributed by atoms with E-state index in [1.54, 1.807) is 12.1 Å². The Kier molecular flexibility index (Phi) is 7.39. The Labute approximate surface area is 190 Å². The van der Waals surface area contributed by atoms with Crippen LogP contribution in [0.25, 0.3) is 11.3 Å². The number of aromatic nitrogens is 1. The maximum Gasteiger partial charge on any atom is 0.324 e. The molecule has 0 saturated carbocycles. The third-order valence-electron chi connectivity index (χ3n) is 4.48. The third-order valence-corrected chi connectivity index (χ3v) is 6.80. The average molecular weight is 474 g/mol. The molecule has 0 aliphatic heterocycles. The fourth-order valence-electron chi connectivity index (χ4n) is 2.68. The van der Waals surface area contributed by atoms with Crippen molar-refractivity contribution in [1.82, 2.24) is 9.71 Å². The van der Waals surface area contributed by atoms with E-state index in [0.717, 1.165) is 16.8 Å². The summed E-state index contributed by atoms with van der Waals surface area (Å²) in [7, 11) is -3.91. The molecule has 1 aromatic heterocycles. The fraction of sp³-hybridized carbons (Fsp3) is 0.227. The Hall–Kier alpha value is -3.08. The van der Waals surface area contributed by atoms with E-state index in [1.807, 2.05) is 42.6 Å². The van der Waals surface area contributed by atoms with Gasteiger partial charge in [0.2, 0.25) is 10.0 Å². The van der Waals surface area contributed by atoms with Crippen LogP contribution in [0.5, 0.6) is 0 Å². The minimum atomic E-state index is -3.91. The van der Waals surface area contributed by atoms with Crippen LogP contribution in [0, 0.1) is 6.92 Å². The fourth-order valence-corrected chi connectivity index (χ4v) is 4.59. The van der Waals surface area contributed by atoms with Crippen LogP contribution in [0.1, 0.15) is 19.4 Å². The first-order valence-corrected chi connectivity index (χ1v) is 12.1. The number of amides is 1. The summed E-state index contributed by atoms with van der Waals surface area (Å²) in [4.78, 5) is 29.1. The minimum Gasteiger partial charge on any atom is -0.451 e. The molecule has 0 aliphatic rings. The highest BCUT2D eigenvalue weighted by molar-refractivity contribution is 7.89. The SMILES string of the molecule is Cc1ccc(S(=O)(=O)N[C@@H](C)C(=O)OC(C)C(=O)Nc2nc(-c3ccccc3)cs2)cc1. The average Bonchev–Trinajstić information content (AvgIpc) is 3.22. The first kappa shape index (κ1) is 23.6. The van der Waals surface area contributed by atoms with E-state index >= 15 is 0 Å². The molecule has 2 aromatic carbocycles. The van der Waals surface area contributed by atoms with Crippen LogP contribution in [0.3, 0.4) is 0 Å². The van der Waals surface area contributed by atoms with Crippen LogP contribution in [0.4, 0.5) is 5.13 Å². The summed E-state index contributed by atoms with van der Waals surface area (Å²) in [5, 5.41) is 4.78. The highest BCUT2D eigenvalue weighted by atomic mass is 32.2. The topological polar surface area (TPSA) is 114 Å². The second-order valence-corrected chi connectivity index (χ2v) is 9.70. The quantitative estimate of drug-likeness (QED) is 0.485. The number of sulfonamides is 1. The monoisotopic (exact) mass is 473 g/mol. The van der Waals surface area contributed by atoms with Gasteiger partial charge >= 0.3 is 5.97 Å². The summed E-state index contributed by atoms with van der Waals surface area (Å²) < 4.78 is 32.3. The highest BCUT2D eigenvalue weighted by Crippen LogP contribution is 2.24. The van der Waals surface area contributed by atoms with Gasteiger partial charge in [0.05, 0.1) is 10.6 Å². The van der Waals surface area contributed by atoms with Gasteiger partial charge in [0, 0.05) is 10.9 Å². The predicted molar refractivity (Wildman–Crippen MR) is 123 cm³/mol. The van der Waals surface area contributed by atoms with Crippen molar-refractivity contribution >= 4 is 38.4 Å². The van der Waals surface area contributed by atoms with Crippen molar-refractivity contribution in [3.05, 3.63) is 65.5 Å². The van der Waals surface area contributed by atoms with E-state index in [9.17, 15) is 18.0 Å². The van der Waals surface area contributed by atoms with Gasteiger partial charge in [-0.1, -0.05) is 48.0 Å². The van der Waals surface area contributed by atoms with E-state index in [-0.39, 0.29) is 4.90 Å². The molecule has 3 rings (SSSR count). The van der Waals surface area contributed by atoms with Gasteiger partial charge in [-0.3, -0.25) is 14.9 Å². The van der Waals surface area contributed by atoms with Crippen LogP contribution in [0.2, 0.25) is 0 Å². The first-order valence-electron chi connectivity index (χ1n) is 9.77. The standard InChI is InChI=1S/C22H23N3O5S2/c1-14-9-11-18(12-10-14)32(28,29)25-15(2)21(27)30-16(3)20(26)24-22-23-19(13-31-22)17-7-5-4-6-8-17/h4-13,15-16,25H,1-3H3,(H,23,24,26)/t15-,16?/m0/s1. The number of anilines is 1. The zero-order valence-corrected chi connectivity index (χ0v) is 19.4. The number of aryl methyl sites for hydroxylation is 1. The van der Waals surface area contributed by atoms with Crippen LogP contribution in [-0.4, -0.2) is 37.4 Å². The molecule has 3 aromatic rings. The van der Waals surface area contributed by atoms with Gasteiger partial charge in [-0.25, -0.2) is 13.4 Å². The summed E-state index contributed by atoms with van der Waals surface area (Å²) in [5.41, 5.74) is 2.54. The van der Waals surface area contributed by atoms with Gasteiger partial charge < -0.3 is 4.74 Å². The molecule has 32 heavy (non-hydrogen) atoms. The van der Waals surface area contributed by atoms with E-state index < -0.39 is 34.0 Å². The molecule has 0 saturated heterocycles. The van der Waals surface area contributed by atoms with Gasteiger partial charge in [0.15, 0.2) is 11.2 Å². The van der Waals surface area contributed by atoms with Crippen molar-refractivity contribution in [3.8, 4) is 11.3 Å². The number of hydrogen-bond donors (Lipinski definition) is 2. The van der Waals surface area contributed by atoms with E-state index in [4.69, 9.17) is 4.74 Å². The zero-order chi connectivity index (χ0) is 23.3. The van der Waals surface area contributed by atoms with Gasteiger partial charge in [-0.05, 0) is 32.9 Å². The maximum atomic E-state index is 12.4. The number of thiazole rings is 1. The molecule has 10 heteroatoms. The molecule has 2 N–H and O–H groups in total.